The summed E-state index contributed by atoms with van der Waals surface area (Å²) in [4.78, 5) is 36.0. The van der Waals surface area contributed by atoms with Crippen LogP contribution in [0, 0.1) is 22.0 Å². The molecule has 1 aliphatic carbocycles. The van der Waals surface area contributed by atoms with E-state index in [9.17, 15) is 24.8 Å². The summed E-state index contributed by atoms with van der Waals surface area (Å²) < 4.78 is 5.87. The number of nitro groups is 1. The van der Waals surface area contributed by atoms with Crippen molar-refractivity contribution in [3.8, 4) is 5.75 Å². The number of non-ortho nitro benzene ring substituents is 1. The predicted octanol–water partition coefficient (Wildman–Crippen LogP) is 2.86. The molecule has 1 aromatic rings. The fourth-order valence-corrected chi connectivity index (χ4v) is 3.93. The van der Waals surface area contributed by atoms with Gasteiger partial charge in [0.25, 0.3) is 5.69 Å². The van der Waals surface area contributed by atoms with Gasteiger partial charge in [-0.1, -0.05) is 6.42 Å². The van der Waals surface area contributed by atoms with Crippen LogP contribution in [0.3, 0.4) is 0 Å². The minimum atomic E-state index is -0.803. The molecule has 1 saturated carbocycles. The van der Waals surface area contributed by atoms with Gasteiger partial charge in [-0.05, 0) is 31.4 Å². The number of aliphatic carboxylic acids is 1. The molecule has 3 rings (SSSR count). The van der Waals surface area contributed by atoms with E-state index in [1.807, 2.05) is 4.90 Å². The van der Waals surface area contributed by atoms with E-state index in [2.05, 4.69) is 0 Å². The lowest BCUT2D eigenvalue weighted by Crippen LogP contribution is -2.45. The summed E-state index contributed by atoms with van der Waals surface area (Å²) in [6.45, 7) is 1.18. The van der Waals surface area contributed by atoms with Crippen LogP contribution in [0.5, 0.6) is 5.75 Å². The monoisotopic (exact) mass is 376 g/mol. The summed E-state index contributed by atoms with van der Waals surface area (Å²) >= 11 is 0. The average molecular weight is 376 g/mol. The van der Waals surface area contributed by atoms with Gasteiger partial charge in [0, 0.05) is 44.0 Å². The Bertz CT molecular complexity index is 697. The largest absolute Gasteiger partial charge is 0.490 e. The van der Waals surface area contributed by atoms with Gasteiger partial charge in [-0.3, -0.25) is 19.7 Å². The molecule has 0 aromatic heterocycles. The quantitative estimate of drug-likeness (QED) is 0.625. The molecule has 146 valence electrons. The zero-order valence-electron chi connectivity index (χ0n) is 15.1. The summed E-state index contributed by atoms with van der Waals surface area (Å²) in [7, 11) is 0. The molecular formula is C19H24N2O6. The van der Waals surface area contributed by atoms with Crippen molar-refractivity contribution < 1.29 is 24.4 Å². The van der Waals surface area contributed by atoms with E-state index in [0.717, 1.165) is 12.8 Å². The Hall–Kier alpha value is -2.64. The minimum Gasteiger partial charge on any atom is -0.490 e. The fraction of sp³-hybridized carbons (Fsp3) is 0.579. The Balaban J connectivity index is 1.49. The molecule has 0 bridgehead atoms. The standard InChI is InChI=1S/C19H24N2O6/c22-18(13-2-1-3-14(12-13)19(23)24)20-10-8-17(9-11-20)27-16-6-4-15(5-7-16)21(25)26/h4-7,13-14,17H,1-3,8-12H2,(H,23,24). The van der Waals surface area contributed by atoms with E-state index in [1.54, 1.807) is 12.1 Å². The summed E-state index contributed by atoms with van der Waals surface area (Å²) in [6, 6.07) is 6.00. The summed E-state index contributed by atoms with van der Waals surface area (Å²) in [6.07, 6.45) is 4.00. The summed E-state index contributed by atoms with van der Waals surface area (Å²) in [5.41, 5.74) is 0.0231. The first-order chi connectivity index (χ1) is 12.9. The number of hydrogen-bond donors (Lipinski definition) is 1. The second kappa shape index (κ2) is 8.37. The molecule has 2 atom stereocenters. The van der Waals surface area contributed by atoms with Crippen molar-refractivity contribution in [2.45, 2.75) is 44.6 Å². The van der Waals surface area contributed by atoms with Crippen LogP contribution in [0.1, 0.15) is 38.5 Å². The van der Waals surface area contributed by atoms with E-state index < -0.39 is 16.8 Å². The molecule has 2 unspecified atom stereocenters. The highest BCUT2D eigenvalue weighted by molar-refractivity contribution is 5.80. The average Bonchev–Trinajstić information content (AvgIpc) is 2.68. The Labute approximate surface area is 157 Å². The lowest BCUT2D eigenvalue weighted by atomic mass is 9.80. The molecule has 1 aliphatic heterocycles. The molecule has 1 aromatic carbocycles. The highest BCUT2D eigenvalue weighted by Gasteiger charge is 2.34. The number of carboxylic acids is 1. The minimum absolute atomic E-state index is 0.0231. The van der Waals surface area contributed by atoms with Gasteiger partial charge in [0.1, 0.15) is 11.9 Å². The van der Waals surface area contributed by atoms with Gasteiger partial charge in [-0.15, -0.1) is 0 Å². The van der Waals surface area contributed by atoms with Crippen LogP contribution in [-0.2, 0) is 9.59 Å². The van der Waals surface area contributed by atoms with E-state index in [-0.39, 0.29) is 23.6 Å². The van der Waals surface area contributed by atoms with Crippen LogP contribution in [0.25, 0.3) is 0 Å². The lowest BCUT2D eigenvalue weighted by molar-refractivity contribution is -0.384. The van der Waals surface area contributed by atoms with Crippen LogP contribution in [0.4, 0.5) is 5.69 Å². The molecular weight excluding hydrogens is 352 g/mol. The van der Waals surface area contributed by atoms with Crippen molar-refractivity contribution in [3.63, 3.8) is 0 Å². The number of benzene rings is 1. The first kappa shape index (κ1) is 19.1. The van der Waals surface area contributed by atoms with E-state index >= 15 is 0 Å². The zero-order valence-corrected chi connectivity index (χ0v) is 15.1. The predicted molar refractivity (Wildman–Crippen MR) is 96.4 cm³/mol. The third kappa shape index (κ3) is 4.75. The number of nitrogens with zero attached hydrogens (tertiary/aromatic N) is 2. The highest BCUT2D eigenvalue weighted by atomic mass is 16.6. The molecule has 27 heavy (non-hydrogen) atoms. The second-order valence-electron chi connectivity index (χ2n) is 7.29. The maximum atomic E-state index is 12.7. The normalized spacial score (nSPS) is 23.6. The van der Waals surface area contributed by atoms with Crippen LogP contribution in [0.15, 0.2) is 24.3 Å². The Morgan fingerprint density at radius 3 is 2.30 bits per heavy atom. The van der Waals surface area contributed by atoms with Crippen LogP contribution in [-0.4, -0.2) is 46.0 Å². The first-order valence-corrected chi connectivity index (χ1v) is 9.36. The van der Waals surface area contributed by atoms with Crippen molar-refractivity contribution >= 4 is 17.6 Å². The molecule has 2 aliphatic rings. The van der Waals surface area contributed by atoms with Gasteiger partial charge in [0.15, 0.2) is 0 Å². The van der Waals surface area contributed by atoms with Gasteiger partial charge in [-0.2, -0.15) is 0 Å². The smallest absolute Gasteiger partial charge is 0.306 e. The molecule has 1 amide bonds. The molecule has 0 spiro atoms. The van der Waals surface area contributed by atoms with E-state index in [1.165, 1.54) is 12.1 Å². The molecule has 8 nitrogen and oxygen atoms in total. The molecule has 2 fully saturated rings. The topological polar surface area (TPSA) is 110 Å². The third-order valence-corrected chi connectivity index (χ3v) is 5.48. The van der Waals surface area contributed by atoms with Crippen molar-refractivity contribution in [2.75, 3.05) is 13.1 Å². The zero-order chi connectivity index (χ0) is 19.4. The first-order valence-electron chi connectivity index (χ1n) is 9.36. The number of nitro benzene ring substituents is 1. The number of hydrogen-bond acceptors (Lipinski definition) is 5. The van der Waals surface area contributed by atoms with Gasteiger partial charge >= 0.3 is 5.97 Å². The van der Waals surface area contributed by atoms with Crippen molar-refractivity contribution in [2.24, 2.45) is 11.8 Å². The fourth-order valence-electron chi connectivity index (χ4n) is 3.93. The number of amides is 1. The third-order valence-electron chi connectivity index (χ3n) is 5.48. The number of piperidine rings is 1. The SMILES string of the molecule is O=C(O)C1CCCC(C(=O)N2CCC(Oc3ccc([N+](=O)[O-])cc3)CC2)C1. The summed E-state index contributed by atoms with van der Waals surface area (Å²) in [5, 5.41) is 19.9. The molecule has 8 heteroatoms. The number of carbonyl (C=O) groups excluding carboxylic acids is 1. The molecule has 1 heterocycles. The molecule has 0 radical (unpaired) electrons. The number of rotatable bonds is 5. The van der Waals surface area contributed by atoms with Crippen molar-refractivity contribution in [1.82, 2.24) is 4.90 Å². The molecule has 1 N–H and O–H groups in total. The molecule has 1 saturated heterocycles. The lowest BCUT2D eigenvalue weighted by Gasteiger charge is -2.36. The maximum Gasteiger partial charge on any atom is 0.306 e. The van der Waals surface area contributed by atoms with Gasteiger partial charge in [0.2, 0.25) is 5.91 Å². The van der Waals surface area contributed by atoms with Crippen molar-refractivity contribution in [1.29, 1.82) is 0 Å². The number of ether oxygens (including phenoxy) is 1. The number of carboxylic acid groups (broad SMARTS) is 1. The van der Waals surface area contributed by atoms with Crippen LogP contribution < -0.4 is 4.74 Å². The number of carbonyl (C=O) groups is 2. The number of likely N-dealkylation sites (tertiary alicyclic amines) is 1. The van der Waals surface area contributed by atoms with E-state index in [0.29, 0.717) is 44.5 Å². The highest BCUT2D eigenvalue weighted by Crippen LogP contribution is 2.31. The Morgan fingerprint density at radius 1 is 1.07 bits per heavy atom. The van der Waals surface area contributed by atoms with Crippen molar-refractivity contribution in [3.05, 3.63) is 34.4 Å². The van der Waals surface area contributed by atoms with Gasteiger partial charge < -0.3 is 14.7 Å². The van der Waals surface area contributed by atoms with E-state index in [4.69, 9.17) is 4.74 Å². The second-order valence-corrected chi connectivity index (χ2v) is 7.29. The van der Waals surface area contributed by atoms with Crippen LogP contribution in [0.2, 0.25) is 0 Å². The van der Waals surface area contributed by atoms with Gasteiger partial charge in [-0.25, -0.2) is 0 Å². The summed E-state index contributed by atoms with van der Waals surface area (Å²) in [5.74, 6) is -0.748. The Morgan fingerprint density at radius 2 is 1.70 bits per heavy atom. The Kier molecular flexibility index (Phi) is 5.93. The van der Waals surface area contributed by atoms with Gasteiger partial charge in [0.05, 0.1) is 10.8 Å². The maximum absolute atomic E-state index is 12.7. The van der Waals surface area contributed by atoms with Crippen LogP contribution >= 0.6 is 0 Å².